The van der Waals surface area contributed by atoms with E-state index in [1.807, 2.05) is 11.5 Å². The standard InChI is InChI=1S/C7H6O2S2/c8-3-5-6(9)7-4(11-5)1-2-10-7/h1-4,7-8H. The minimum Gasteiger partial charge on any atom is -0.514 e. The van der Waals surface area contributed by atoms with Gasteiger partial charge in [-0.05, 0) is 5.41 Å². The van der Waals surface area contributed by atoms with E-state index in [1.54, 1.807) is 0 Å². The van der Waals surface area contributed by atoms with Gasteiger partial charge in [-0.2, -0.15) is 0 Å². The minimum absolute atomic E-state index is 0.0263. The van der Waals surface area contributed by atoms with Crippen molar-refractivity contribution in [3.05, 3.63) is 22.7 Å². The number of rotatable bonds is 0. The van der Waals surface area contributed by atoms with Crippen molar-refractivity contribution in [2.45, 2.75) is 10.5 Å². The second-order valence-electron chi connectivity index (χ2n) is 2.33. The molecule has 0 aliphatic carbocycles. The highest BCUT2D eigenvalue weighted by Gasteiger charge is 2.40. The Labute approximate surface area is 72.7 Å². The molecule has 0 spiro atoms. The molecule has 2 atom stereocenters. The van der Waals surface area contributed by atoms with Crippen LogP contribution in [-0.2, 0) is 4.79 Å². The third kappa shape index (κ3) is 1.01. The molecule has 2 aliphatic heterocycles. The molecule has 1 saturated heterocycles. The number of thioether (sulfide) groups is 2. The highest BCUT2D eigenvalue weighted by atomic mass is 32.2. The Kier molecular flexibility index (Phi) is 1.73. The fourth-order valence-electron chi connectivity index (χ4n) is 1.14. The van der Waals surface area contributed by atoms with Crippen molar-refractivity contribution in [3.63, 3.8) is 0 Å². The number of fused-ring (bicyclic) bond motifs is 1. The van der Waals surface area contributed by atoms with Crippen LogP contribution in [0.15, 0.2) is 22.7 Å². The van der Waals surface area contributed by atoms with Crippen LogP contribution >= 0.6 is 23.5 Å². The molecular formula is C7H6O2S2. The van der Waals surface area contributed by atoms with Crippen LogP contribution in [0.2, 0.25) is 0 Å². The lowest BCUT2D eigenvalue weighted by Gasteiger charge is -2.00. The molecule has 2 heterocycles. The molecule has 11 heavy (non-hydrogen) atoms. The molecule has 1 fully saturated rings. The largest absolute Gasteiger partial charge is 0.514 e. The van der Waals surface area contributed by atoms with Crippen molar-refractivity contribution in [3.8, 4) is 0 Å². The van der Waals surface area contributed by atoms with Crippen LogP contribution in [0.5, 0.6) is 0 Å². The van der Waals surface area contributed by atoms with Gasteiger partial charge in [0, 0.05) is 5.25 Å². The summed E-state index contributed by atoms with van der Waals surface area (Å²) in [7, 11) is 0. The number of allylic oxidation sites excluding steroid dienone is 1. The summed E-state index contributed by atoms with van der Waals surface area (Å²) in [4.78, 5) is 11.8. The average Bonchev–Trinajstić information content (AvgIpc) is 2.53. The van der Waals surface area contributed by atoms with E-state index in [9.17, 15) is 4.79 Å². The van der Waals surface area contributed by atoms with Crippen molar-refractivity contribution in [2.75, 3.05) is 0 Å². The van der Waals surface area contributed by atoms with Crippen molar-refractivity contribution in [1.82, 2.24) is 0 Å². The molecule has 4 heteroatoms. The number of Topliss-reactive ketones (excluding diaryl/α,β-unsaturated/α-hetero) is 1. The molecule has 1 N–H and O–H groups in total. The Morgan fingerprint density at radius 3 is 3.09 bits per heavy atom. The molecule has 2 rings (SSSR count). The zero-order valence-corrected chi connectivity index (χ0v) is 7.19. The lowest BCUT2D eigenvalue weighted by Crippen LogP contribution is -2.15. The van der Waals surface area contributed by atoms with Gasteiger partial charge in [0.25, 0.3) is 0 Å². The SMILES string of the molecule is O=C1C(=CO)SC2C=CSC12. The first kappa shape index (κ1) is 7.31. The quantitative estimate of drug-likeness (QED) is 0.461. The Morgan fingerprint density at radius 2 is 2.45 bits per heavy atom. The van der Waals surface area contributed by atoms with Crippen molar-refractivity contribution in [2.24, 2.45) is 0 Å². The van der Waals surface area contributed by atoms with E-state index in [1.165, 1.54) is 23.5 Å². The third-order valence-electron chi connectivity index (χ3n) is 1.67. The summed E-state index contributed by atoms with van der Waals surface area (Å²) in [5.74, 6) is 0.0671. The average molecular weight is 186 g/mol. The third-order valence-corrected chi connectivity index (χ3v) is 4.22. The van der Waals surface area contributed by atoms with Crippen LogP contribution in [0.3, 0.4) is 0 Å². The Bertz CT molecular complexity index is 257. The van der Waals surface area contributed by atoms with Crippen molar-refractivity contribution < 1.29 is 9.90 Å². The summed E-state index contributed by atoms with van der Waals surface area (Å²) < 4.78 is 0. The zero-order chi connectivity index (χ0) is 7.84. The maximum atomic E-state index is 11.3. The van der Waals surface area contributed by atoms with Gasteiger partial charge in [-0.1, -0.05) is 6.08 Å². The van der Waals surface area contributed by atoms with E-state index < -0.39 is 0 Å². The first-order chi connectivity index (χ1) is 5.33. The van der Waals surface area contributed by atoms with E-state index in [0.29, 0.717) is 4.91 Å². The number of aliphatic hydroxyl groups is 1. The number of carbonyl (C=O) groups is 1. The summed E-state index contributed by atoms with van der Waals surface area (Å²) in [6.45, 7) is 0. The first-order valence-electron chi connectivity index (χ1n) is 3.20. The Balaban J connectivity index is 2.28. The number of carbonyl (C=O) groups excluding carboxylic acids is 1. The molecule has 2 aliphatic rings. The second kappa shape index (κ2) is 2.60. The van der Waals surface area contributed by atoms with Gasteiger partial charge in [0.2, 0.25) is 0 Å². The van der Waals surface area contributed by atoms with Gasteiger partial charge < -0.3 is 5.11 Å². The number of hydrogen-bond acceptors (Lipinski definition) is 4. The lowest BCUT2D eigenvalue weighted by atomic mass is 10.2. The summed E-state index contributed by atoms with van der Waals surface area (Å²) in [6, 6.07) is 0. The monoisotopic (exact) mass is 186 g/mol. The Morgan fingerprint density at radius 1 is 1.64 bits per heavy atom. The van der Waals surface area contributed by atoms with Gasteiger partial charge in [-0.3, -0.25) is 4.79 Å². The number of ketones is 1. The maximum Gasteiger partial charge on any atom is 0.187 e. The molecule has 0 radical (unpaired) electrons. The van der Waals surface area contributed by atoms with Gasteiger partial charge in [0.1, 0.15) is 0 Å². The topological polar surface area (TPSA) is 37.3 Å². The van der Waals surface area contributed by atoms with E-state index in [-0.39, 0.29) is 16.3 Å². The molecule has 2 unspecified atom stereocenters. The van der Waals surface area contributed by atoms with Gasteiger partial charge in [-0.25, -0.2) is 0 Å². The van der Waals surface area contributed by atoms with Gasteiger partial charge in [0.15, 0.2) is 5.78 Å². The fraction of sp³-hybridized carbons (Fsp3) is 0.286. The van der Waals surface area contributed by atoms with Crippen LogP contribution in [0.25, 0.3) is 0 Å². The van der Waals surface area contributed by atoms with Crippen LogP contribution in [-0.4, -0.2) is 21.4 Å². The van der Waals surface area contributed by atoms with Crippen molar-refractivity contribution in [1.29, 1.82) is 0 Å². The van der Waals surface area contributed by atoms with Gasteiger partial charge >= 0.3 is 0 Å². The predicted octanol–water partition coefficient (Wildman–Crippen LogP) is 1.70. The highest BCUT2D eigenvalue weighted by molar-refractivity contribution is 8.10. The van der Waals surface area contributed by atoms with E-state index >= 15 is 0 Å². The number of hydrogen-bond donors (Lipinski definition) is 1. The molecule has 0 bridgehead atoms. The molecule has 0 aromatic carbocycles. The number of aliphatic hydroxyl groups excluding tert-OH is 1. The zero-order valence-electron chi connectivity index (χ0n) is 5.56. The smallest absolute Gasteiger partial charge is 0.187 e. The summed E-state index contributed by atoms with van der Waals surface area (Å²) in [5, 5.41) is 10.9. The minimum atomic E-state index is 0.0263. The molecule has 58 valence electrons. The van der Waals surface area contributed by atoms with Crippen LogP contribution in [0, 0.1) is 0 Å². The van der Waals surface area contributed by atoms with E-state index in [0.717, 1.165) is 6.26 Å². The van der Waals surface area contributed by atoms with Gasteiger partial charge in [0.05, 0.1) is 16.4 Å². The summed E-state index contributed by atoms with van der Waals surface area (Å²) in [5.41, 5.74) is 0. The van der Waals surface area contributed by atoms with Crippen LogP contribution in [0.4, 0.5) is 0 Å². The lowest BCUT2D eigenvalue weighted by molar-refractivity contribution is -0.114. The normalized spacial score (nSPS) is 38.5. The molecule has 0 amide bonds. The molecule has 0 saturated carbocycles. The molecule has 0 aromatic heterocycles. The second-order valence-corrected chi connectivity index (χ2v) is 4.60. The highest BCUT2D eigenvalue weighted by Crippen LogP contribution is 2.45. The Hall–Kier alpha value is -0.350. The molecule has 0 aromatic rings. The van der Waals surface area contributed by atoms with E-state index in [2.05, 4.69) is 0 Å². The predicted molar refractivity (Wildman–Crippen MR) is 47.6 cm³/mol. The maximum absolute atomic E-state index is 11.3. The fourth-order valence-corrected chi connectivity index (χ4v) is 3.60. The van der Waals surface area contributed by atoms with Crippen LogP contribution < -0.4 is 0 Å². The summed E-state index contributed by atoms with van der Waals surface area (Å²) in [6.07, 6.45) is 2.92. The van der Waals surface area contributed by atoms with Gasteiger partial charge in [-0.15, -0.1) is 23.5 Å². The van der Waals surface area contributed by atoms with Crippen molar-refractivity contribution >= 4 is 29.3 Å². The van der Waals surface area contributed by atoms with E-state index in [4.69, 9.17) is 5.11 Å². The molecule has 2 nitrogen and oxygen atoms in total. The molecular weight excluding hydrogens is 180 g/mol. The first-order valence-corrected chi connectivity index (χ1v) is 5.02. The van der Waals surface area contributed by atoms with Crippen LogP contribution in [0.1, 0.15) is 0 Å². The summed E-state index contributed by atoms with van der Waals surface area (Å²) >= 11 is 2.98.